The lowest BCUT2D eigenvalue weighted by Gasteiger charge is -1.90. The zero-order valence-electron chi connectivity index (χ0n) is 3.56. The van der Waals surface area contributed by atoms with Gasteiger partial charge in [0.2, 0.25) is 0 Å². The third-order valence-electron chi connectivity index (χ3n) is 0.303. The SMILES string of the molecule is O=[PH](O)OCCBr. The highest BCUT2D eigenvalue weighted by Gasteiger charge is 1.86. The van der Waals surface area contributed by atoms with Crippen molar-refractivity contribution in [3.8, 4) is 0 Å². The zero-order chi connectivity index (χ0) is 5.70. The molecule has 0 aromatic rings. The zero-order valence-corrected chi connectivity index (χ0v) is 6.14. The van der Waals surface area contributed by atoms with Crippen LogP contribution in [0, 0.1) is 0 Å². The molecule has 0 amide bonds. The van der Waals surface area contributed by atoms with Gasteiger partial charge in [-0.3, -0.25) is 4.57 Å². The van der Waals surface area contributed by atoms with Crippen LogP contribution in [-0.4, -0.2) is 16.8 Å². The molecule has 44 valence electrons. The summed E-state index contributed by atoms with van der Waals surface area (Å²) < 4.78 is 13.9. The molecule has 0 spiro atoms. The minimum Gasteiger partial charge on any atom is -0.326 e. The van der Waals surface area contributed by atoms with Gasteiger partial charge in [0, 0.05) is 5.33 Å². The maximum Gasteiger partial charge on any atom is 0.316 e. The van der Waals surface area contributed by atoms with Crippen LogP contribution in [0.3, 0.4) is 0 Å². The number of halogens is 1. The minimum atomic E-state index is -2.68. The summed E-state index contributed by atoms with van der Waals surface area (Å²) in [5.74, 6) is 0. The first-order valence-corrected chi connectivity index (χ1v) is 4.07. The summed E-state index contributed by atoms with van der Waals surface area (Å²) in [6.45, 7) is 0.300. The summed E-state index contributed by atoms with van der Waals surface area (Å²) in [7, 11) is -2.68. The van der Waals surface area contributed by atoms with Gasteiger partial charge in [-0.15, -0.1) is 0 Å². The van der Waals surface area contributed by atoms with Gasteiger partial charge < -0.3 is 9.42 Å². The second kappa shape index (κ2) is 4.78. The van der Waals surface area contributed by atoms with Crippen LogP contribution in [0.1, 0.15) is 0 Å². The highest BCUT2D eigenvalue weighted by atomic mass is 79.9. The highest BCUT2D eigenvalue weighted by molar-refractivity contribution is 9.09. The maximum absolute atomic E-state index is 9.70. The van der Waals surface area contributed by atoms with Crippen molar-refractivity contribution in [3.05, 3.63) is 0 Å². The van der Waals surface area contributed by atoms with Crippen molar-refractivity contribution in [3.63, 3.8) is 0 Å². The first-order valence-electron chi connectivity index (χ1n) is 1.69. The molecule has 1 atom stereocenters. The molecule has 1 unspecified atom stereocenters. The number of rotatable bonds is 3. The molecule has 0 bridgehead atoms. The topological polar surface area (TPSA) is 46.5 Å². The molecule has 3 nitrogen and oxygen atoms in total. The van der Waals surface area contributed by atoms with Crippen LogP contribution in [0.15, 0.2) is 0 Å². The second-order valence-electron chi connectivity index (χ2n) is 0.803. The predicted molar refractivity (Wildman–Crippen MR) is 31.0 cm³/mol. The Kier molecular flexibility index (Phi) is 5.21. The molecule has 0 aliphatic carbocycles. The lowest BCUT2D eigenvalue weighted by molar-refractivity contribution is 0.301. The van der Waals surface area contributed by atoms with E-state index in [4.69, 9.17) is 4.89 Å². The van der Waals surface area contributed by atoms with Crippen molar-refractivity contribution in [1.82, 2.24) is 0 Å². The number of hydrogen-bond donors (Lipinski definition) is 1. The molecular weight excluding hydrogens is 183 g/mol. The van der Waals surface area contributed by atoms with Gasteiger partial charge in [0.05, 0.1) is 6.61 Å². The normalized spacial score (nSPS) is 14.0. The molecule has 0 radical (unpaired) electrons. The molecule has 0 fully saturated rings. The largest absolute Gasteiger partial charge is 0.326 e. The highest BCUT2D eigenvalue weighted by Crippen LogP contribution is 2.13. The fraction of sp³-hybridized carbons (Fsp3) is 1.00. The van der Waals surface area contributed by atoms with E-state index in [9.17, 15) is 4.57 Å². The van der Waals surface area contributed by atoms with Gasteiger partial charge in [0.25, 0.3) is 0 Å². The predicted octanol–water partition coefficient (Wildman–Crippen LogP) is 0.780. The van der Waals surface area contributed by atoms with Crippen LogP contribution >= 0.6 is 24.2 Å². The van der Waals surface area contributed by atoms with E-state index in [1.807, 2.05) is 0 Å². The van der Waals surface area contributed by atoms with E-state index in [1.54, 1.807) is 0 Å². The Labute approximate surface area is 50.8 Å². The van der Waals surface area contributed by atoms with Crippen LogP contribution in [0.2, 0.25) is 0 Å². The maximum atomic E-state index is 9.70. The molecule has 0 heterocycles. The van der Waals surface area contributed by atoms with Crippen LogP contribution in [0.4, 0.5) is 0 Å². The van der Waals surface area contributed by atoms with Gasteiger partial charge in [-0.05, 0) is 0 Å². The molecule has 0 saturated carbocycles. The van der Waals surface area contributed by atoms with Gasteiger partial charge >= 0.3 is 8.25 Å². The van der Waals surface area contributed by atoms with Gasteiger partial charge in [-0.25, -0.2) is 0 Å². The summed E-state index contributed by atoms with van der Waals surface area (Å²) in [5, 5.41) is 0.601. The van der Waals surface area contributed by atoms with E-state index < -0.39 is 8.25 Å². The van der Waals surface area contributed by atoms with Gasteiger partial charge in [0.15, 0.2) is 0 Å². The summed E-state index contributed by atoms with van der Waals surface area (Å²) in [6, 6.07) is 0. The third-order valence-corrected chi connectivity index (χ3v) is 1.08. The standard InChI is InChI=1S/C2H6BrO3P/c3-1-2-6-7(4)5/h7H,1-2H2,(H,4,5). The molecule has 0 aromatic heterocycles. The number of alkyl halides is 1. The first kappa shape index (κ1) is 7.63. The smallest absolute Gasteiger partial charge is 0.316 e. The summed E-state index contributed by atoms with van der Waals surface area (Å²) in [6.07, 6.45) is 0. The van der Waals surface area contributed by atoms with E-state index in [1.165, 1.54) is 0 Å². The Morgan fingerprint density at radius 3 is 2.57 bits per heavy atom. The fourth-order valence-corrected chi connectivity index (χ4v) is 0.863. The Hall–Kier alpha value is 0.630. The molecule has 0 saturated heterocycles. The Balaban J connectivity index is 2.82. The van der Waals surface area contributed by atoms with Crippen molar-refractivity contribution >= 4 is 24.2 Å². The summed E-state index contributed by atoms with van der Waals surface area (Å²) >= 11 is 3.02. The van der Waals surface area contributed by atoms with Gasteiger partial charge in [0.1, 0.15) is 0 Å². The van der Waals surface area contributed by atoms with E-state index in [0.29, 0.717) is 11.9 Å². The molecule has 0 rings (SSSR count). The molecule has 0 aromatic carbocycles. The Morgan fingerprint density at radius 2 is 2.43 bits per heavy atom. The van der Waals surface area contributed by atoms with Crippen molar-refractivity contribution in [1.29, 1.82) is 0 Å². The average Bonchev–Trinajstić information content (AvgIpc) is 1.61. The number of hydrogen-bond acceptors (Lipinski definition) is 2. The second-order valence-corrected chi connectivity index (χ2v) is 2.42. The molecular formula is C2H6BrO3P. The minimum absolute atomic E-state index is 0.300. The molecule has 0 aliphatic rings. The third kappa shape index (κ3) is 6.63. The first-order chi connectivity index (χ1) is 3.27. The monoisotopic (exact) mass is 188 g/mol. The van der Waals surface area contributed by atoms with Crippen molar-refractivity contribution in [2.24, 2.45) is 0 Å². The Morgan fingerprint density at radius 1 is 1.86 bits per heavy atom. The van der Waals surface area contributed by atoms with E-state index >= 15 is 0 Å². The van der Waals surface area contributed by atoms with Crippen molar-refractivity contribution in [2.75, 3.05) is 11.9 Å². The fourth-order valence-electron chi connectivity index (χ4n) is 0.126. The average molecular weight is 189 g/mol. The van der Waals surface area contributed by atoms with Crippen LogP contribution in [0.5, 0.6) is 0 Å². The van der Waals surface area contributed by atoms with E-state index in [-0.39, 0.29) is 0 Å². The van der Waals surface area contributed by atoms with E-state index in [2.05, 4.69) is 20.5 Å². The van der Waals surface area contributed by atoms with Crippen molar-refractivity contribution < 1.29 is 14.0 Å². The summed E-state index contributed by atoms with van der Waals surface area (Å²) in [5.41, 5.74) is 0. The van der Waals surface area contributed by atoms with Crippen LogP contribution in [0.25, 0.3) is 0 Å². The van der Waals surface area contributed by atoms with Crippen molar-refractivity contribution in [2.45, 2.75) is 0 Å². The van der Waals surface area contributed by atoms with Crippen LogP contribution in [-0.2, 0) is 9.09 Å². The van der Waals surface area contributed by atoms with Crippen LogP contribution < -0.4 is 0 Å². The molecule has 0 aliphatic heterocycles. The quantitative estimate of drug-likeness (QED) is 0.527. The van der Waals surface area contributed by atoms with Gasteiger partial charge in [-0.2, -0.15) is 0 Å². The summed E-state index contributed by atoms with van der Waals surface area (Å²) in [4.78, 5) is 7.99. The van der Waals surface area contributed by atoms with E-state index in [0.717, 1.165) is 0 Å². The Bertz CT molecular complexity index is 66.0. The lowest BCUT2D eigenvalue weighted by Crippen LogP contribution is -1.83. The molecule has 5 heteroatoms. The lowest BCUT2D eigenvalue weighted by atomic mass is 10.9. The van der Waals surface area contributed by atoms with Gasteiger partial charge in [-0.1, -0.05) is 15.9 Å². The molecule has 7 heavy (non-hydrogen) atoms. The molecule has 1 N–H and O–H groups in total.